The summed E-state index contributed by atoms with van der Waals surface area (Å²) in [6.07, 6.45) is -2.66. The molecule has 1 aliphatic carbocycles. The van der Waals surface area contributed by atoms with Gasteiger partial charge >= 0.3 is 6.18 Å². The van der Waals surface area contributed by atoms with E-state index in [0.29, 0.717) is 0 Å². The molecule has 0 aliphatic heterocycles. The summed E-state index contributed by atoms with van der Waals surface area (Å²) in [7, 11) is 0. The van der Waals surface area contributed by atoms with Gasteiger partial charge in [0.2, 0.25) is 0 Å². The zero-order valence-corrected chi connectivity index (χ0v) is 9.57. The molecule has 0 bridgehead atoms. The highest BCUT2D eigenvalue weighted by atomic mass is 35.5. The molecule has 1 fully saturated rings. The lowest BCUT2D eigenvalue weighted by atomic mass is 10.1. The van der Waals surface area contributed by atoms with E-state index in [1.54, 1.807) is 6.07 Å². The van der Waals surface area contributed by atoms with E-state index in [1.165, 1.54) is 6.07 Å². The number of nitrogens with zero attached hydrogens (tertiary/aromatic N) is 1. The number of alkyl halides is 3. The number of anilines is 1. The number of hydrogen-bond acceptors (Lipinski definition) is 3. The van der Waals surface area contributed by atoms with Gasteiger partial charge < -0.3 is 11.1 Å². The molecule has 1 aliphatic rings. The van der Waals surface area contributed by atoms with E-state index in [4.69, 9.17) is 17.3 Å². The molecule has 0 aromatic carbocycles. The molecule has 1 aromatic heterocycles. The van der Waals surface area contributed by atoms with Gasteiger partial charge in [0.15, 0.2) is 0 Å². The lowest BCUT2D eigenvalue weighted by molar-refractivity contribution is -0.115. The number of halogens is 4. The van der Waals surface area contributed by atoms with E-state index in [-0.39, 0.29) is 11.0 Å². The summed E-state index contributed by atoms with van der Waals surface area (Å²) in [5.41, 5.74) is 6.23. The van der Waals surface area contributed by atoms with Crippen LogP contribution in [0.1, 0.15) is 18.4 Å². The molecule has 0 spiro atoms. The SMILES string of the molecule is NC1(c2cc(Cl)nc(NCC(F)(F)F)c2)CC1. The van der Waals surface area contributed by atoms with Crippen molar-refractivity contribution in [3.63, 3.8) is 0 Å². The first kappa shape index (κ1) is 12.4. The molecule has 2 rings (SSSR count). The van der Waals surface area contributed by atoms with Crippen LogP contribution in [-0.4, -0.2) is 17.7 Å². The van der Waals surface area contributed by atoms with Crippen molar-refractivity contribution in [1.29, 1.82) is 0 Å². The fraction of sp³-hybridized carbons (Fsp3) is 0.500. The van der Waals surface area contributed by atoms with E-state index in [0.717, 1.165) is 18.4 Å². The minimum absolute atomic E-state index is 0.0987. The Bertz CT molecular complexity index is 429. The maximum absolute atomic E-state index is 12.0. The van der Waals surface area contributed by atoms with Crippen LogP contribution in [0.5, 0.6) is 0 Å². The average molecular weight is 266 g/mol. The summed E-state index contributed by atoms with van der Waals surface area (Å²) in [4.78, 5) is 3.78. The Hall–Kier alpha value is -1.01. The van der Waals surface area contributed by atoms with Crippen LogP contribution in [0.2, 0.25) is 5.15 Å². The first-order valence-electron chi connectivity index (χ1n) is 5.06. The Morgan fingerprint density at radius 1 is 1.41 bits per heavy atom. The van der Waals surface area contributed by atoms with Gasteiger partial charge in [0.1, 0.15) is 17.5 Å². The van der Waals surface area contributed by atoms with Crippen LogP contribution >= 0.6 is 11.6 Å². The molecule has 0 atom stereocenters. The Morgan fingerprint density at radius 2 is 2.06 bits per heavy atom. The highest BCUT2D eigenvalue weighted by molar-refractivity contribution is 6.29. The summed E-state index contributed by atoms with van der Waals surface area (Å²) >= 11 is 5.75. The Morgan fingerprint density at radius 3 is 2.59 bits per heavy atom. The normalized spacial score (nSPS) is 17.9. The number of nitrogens with one attached hydrogen (secondary N) is 1. The third-order valence-corrected chi connectivity index (χ3v) is 2.82. The van der Waals surface area contributed by atoms with Crippen LogP contribution in [0.3, 0.4) is 0 Å². The second-order valence-corrected chi connectivity index (χ2v) is 4.58. The predicted octanol–water partition coefficient (Wildman–Crippen LogP) is 2.66. The van der Waals surface area contributed by atoms with Crippen molar-refractivity contribution in [2.24, 2.45) is 5.73 Å². The zero-order valence-electron chi connectivity index (χ0n) is 8.81. The highest BCUT2D eigenvalue weighted by Gasteiger charge is 2.40. The quantitative estimate of drug-likeness (QED) is 0.826. The van der Waals surface area contributed by atoms with Crippen molar-refractivity contribution < 1.29 is 13.2 Å². The molecule has 1 saturated carbocycles. The van der Waals surface area contributed by atoms with Crippen molar-refractivity contribution in [3.05, 3.63) is 22.8 Å². The van der Waals surface area contributed by atoms with Gasteiger partial charge in [0.25, 0.3) is 0 Å². The second kappa shape index (κ2) is 4.03. The van der Waals surface area contributed by atoms with Gasteiger partial charge in [-0.1, -0.05) is 11.6 Å². The average Bonchev–Trinajstić information content (AvgIpc) is 2.93. The molecule has 3 nitrogen and oxygen atoms in total. The molecule has 1 aromatic rings. The molecule has 7 heteroatoms. The van der Waals surface area contributed by atoms with Crippen molar-refractivity contribution in [2.45, 2.75) is 24.6 Å². The van der Waals surface area contributed by atoms with E-state index in [9.17, 15) is 13.2 Å². The lowest BCUT2D eigenvalue weighted by Crippen LogP contribution is -2.23. The predicted molar refractivity (Wildman–Crippen MR) is 58.9 cm³/mol. The van der Waals surface area contributed by atoms with E-state index in [2.05, 4.69) is 10.3 Å². The third-order valence-electron chi connectivity index (χ3n) is 2.63. The minimum atomic E-state index is -4.29. The van der Waals surface area contributed by atoms with E-state index < -0.39 is 18.3 Å². The third kappa shape index (κ3) is 3.23. The van der Waals surface area contributed by atoms with Crippen LogP contribution < -0.4 is 11.1 Å². The monoisotopic (exact) mass is 265 g/mol. The summed E-state index contributed by atoms with van der Waals surface area (Å²) in [6.45, 7) is -1.14. The van der Waals surface area contributed by atoms with Crippen molar-refractivity contribution in [2.75, 3.05) is 11.9 Å². The standard InChI is InChI=1S/C10H11ClF3N3/c11-7-3-6(9(15)1-2-9)4-8(17-7)16-5-10(12,13)14/h3-4H,1-2,5,15H2,(H,16,17). The summed E-state index contributed by atoms with van der Waals surface area (Å²) in [5, 5.41) is 2.33. The molecular weight excluding hydrogens is 255 g/mol. The number of rotatable bonds is 3. The van der Waals surface area contributed by atoms with Gasteiger partial charge in [0.05, 0.1) is 0 Å². The summed E-state index contributed by atoms with van der Waals surface area (Å²) in [6, 6.07) is 3.11. The van der Waals surface area contributed by atoms with Crippen molar-refractivity contribution in [3.8, 4) is 0 Å². The van der Waals surface area contributed by atoms with Gasteiger partial charge in [-0.2, -0.15) is 13.2 Å². The number of hydrogen-bond donors (Lipinski definition) is 2. The first-order chi connectivity index (χ1) is 7.78. The van der Waals surface area contributed by atoms with E-state index in [1.807, 2.05) is 0 Å². The molecule has 0 saturated heterocycles. The minimum Gasteiger partial charge on any atom is -0.361 e. The number of pyridine rings is 1. The van der Waals surface area contributed by atoms with Crippen molar-refractivity contribution >= 4 is 17.4 Å². The Balaban J connectivity index is 2.15. The molecule has 1 heterocycles. The summed E-state index contributed by atoms with van der Waals surface area (Å²) < 4.78 is 36.1. The van der Waals surface area contributed by atoms with Gasteiger partial charge in [-0.15, -0.1) is 0 Å². The fourth-order valence-corrected chi connectivity index (χ4v) is 1.70. The smallest absolute Gasteiger partial charge is 0.361 e. The zero-order chi connectivity index (χ0) is 12.7. The molecule has 0 radical (unpaired) electrons. The fourth-order valence-electron chi connectivity index (χ4n) is 1.49. The molecule has 0 amide bonds. The van der Waals surface area contributed by atoms with Crippen molar-refractivity contribution in [1.82, 2.24) is 4.98 Å². The van der Waals surface area contributed by atoms with Crippen LogP contribution in [0.4, 0.5) is 19.0 Å². The Kier molecular flexibility index (Phi) is 2.95. The summed E-state index contributed by atoms with van der Waals surface area (Å²) in [5.74, 6) is 0.0987. The van der Waals surface area contributed by atoms with Crippen LogP contribution in [0.25, 0.3) is 0 Å². The van der Waals surface area contributed by atoms with E-state index >= 15 is 0 Å². The molecule has 3 N–H and O–H groups in total. The molecule has 0 unspecified atom stereocenters. The molecular formula is C10H11ClF3N3. The molecule has 94 valence electrons. The first-order valence-corrected chi connectivity index (χ1v) is 5.44. The second-order valence-electron chi connectivity index (χ2n) is 4.19. The number of aromatic nitrogens is 1. The molecule has 17 heavy (non-hydrogen) atoms. The Labute approximate surface area is 101 Å². The lowest BCUT2D eigenvalue weighted by Gasteiger charge is -2.13. The van der Waals surface area contributed by atoms with Crippen LogP contribution in [0.15, 0.2) is 12.1 Å². The van der Waals surface area contributed by atoms with Gasteiger partial charge in [0, 0.05) is 5.54 Å². The van der Waals surface area contributed by atoms with Gasteiger partial charge in [-0.05, 0) is 30.5 Å². The van der Waals surface area contributed by atoms with Gasteiger partial charge in [-0.3, -0.25) is 0 Å². The van der Waals surface area contributed by atoms with Crippen LogP contribution in [0, 0.1) is 0 Å². The number of nitrogens with two attached hydrogens (primary N) is 1. The topological polar surface area (TPSA) is 50.9 Å². The van der Waals surface area contributed by atoms with Gasteiger partial charge in [-0.25, -0.2) is 4.98 Å². The maximum Gasteiger partial charge on any atom is 0.405 e. The maximum atomic E-state index is 12.0. The van der Waals surface area contributed by atoms with Crippen LogP contribution in [-0.2, 0) is 5.54 Å². The largest absolute Gasteiger partial charge is 0.405 e. The highest BCUT2D eigenvalue weighted by Crippen LogP contribution is 2.43.